The first-order valence-corrected chi connectivity index (χ1v) is 13.5. The molecule has 5 heterocycles. The number of aryl methyl sites for hydroxylation is 1. The molecule has 43 heavy (non-hydrogen) atoms. The third-order valence-corrected chi connectivity index (χ3v) is 7.86. The van der Waals surface area contributed by atoms with Gasteiger partial charge in [-0.05, 0) is 18.6 Å². The van der Waals surface area contributed by atoms with Gasteiger partial charge in [-0.25, -0.2) is 4.98 Å². The molecule has 0 saturated carbocycles. The lowest BCUT2D eigenvalue weighted by Crippen LogP contribution is -2.47. The molecule has 2 aromatic carbocycles. The first kappa shape index (κ1) is 28.1. The van der Waals surface area contributed by atoms with Gasteiger partial charge in [0.2, 0.25) is 17.9 Å². The number of H-pyrrole nitrogens is 2. The van der Waals surface area contributed by atoms with Crippen molar-refractivity contribution in [3.8, 4) is 17.2 Å². The van der Waals surface area contributed by atoms with E-state index in [0.29, 0.717) is 0 Å². The minimum atomic E-state index is -5.19. The molecule has 7 rings (SSSR count). The molecule has 0 radical (unpaired) electrons. The van der Waals surface area contributed by atoms with Crippen molar-refractivity contribution in [3.05, 3.63) is 66.2 Å². The Morgan fingerprint density at radius 3 is 2.28 bits per heavy atom. The number of carboxylic acid groups (broad SMARTS) is 1. The Labute approximate surface area is 242 Å². The van der Waals surface area contributed by atoms with Gasteiger partial charge >= 0.3 is 6.18 Å². The van der Waals surface area contributed by atoms with Gasteiger partial charge in [0.1, 0.15) is 28.7 Å². The standard InChI is InChI=1S/C29H26N4O3.C2HF3O2/c1-34-21-13-6-9-17-25-23(36-3)15-33-19(27(25)32-26(17)21)11-7-12-20(33)28-29-24(22(35-2)14-30-28)16-8-4-5-10-18(16)31-29;3-2(4,5)1(6)7/h4-6,8-10,13-15,20H,7,11-12H2,1-3H3,(H,30,31);(H,6,7)/t20-;/m1./s1. The van der Waals surface area contributed by atoms with E-state index in [1.165, 1.54) is 5.69 Å². The maximum Gasteiger partial charge on any atom is 0.430 e. The van der Waals surface area contributed by atoms with Crippen LogP contribution in [-0.4, -0.2) is 48.4 Å². The number of aromatic amines is 2. The summed E-state index contributed by atoms with van der Waals surface area (Å²) in [6.45, 7) is 0. The van der Waals surface area contributed by atoms with Crippen LogP contribution in [0, 0.1) is 0 Å². The van der Waals surface area contributed by atoms with Gasteiger partial charge < -0.3 is 34.1 Å². The van der Waals surface area contributed by atoms with E-state index in [1.54, 1.807) is 21.3 Å². The highest BCUT2D eigenvalue weighted by Crippen LogP contribution is 2.41. The summed E-state index contributed by atoms with van der Waals surface area (Å²) in [7, 11) is 5.15. The molecule has 222 valence electrons. The molecule has 0 amide bonds. The Bertz CT molecular complexity index is 2010. The molecule has 4 aromatic heterocycles. The van der Waals surface area contributed by atoms with Crippen molar-refractivity contribution in [2.45, 2.75) is 31.5 Å². The quantitative estimate of drug-likeness (QED) is 0.282. The SMILES string of the molecule is COc1cccc2c1[nH]c1c3[n+](cc(OC)c12)[C@@H](c1ncc(OC)c2c1[nH]c1ccccc12)CCC3.O=C([O-])C(F)(F)F. The van der Waals surface area contributed by atoms with Crippen LogP contribution in [0.15, 0.2) is 54.9 Å². The number of carbonyl (C=O) groups is 1. The number of pyridine rings is 2. The highest BCUT2D eigenvalue weighted by Gasteiger charge is 2.36. The summed E-state index contributed by atoms with van der Waals surface area (Å²) < 4.78 is 51.3. The fourth-order valence-electron chi connectivity index (χ4n) is 6.04. The minimum Gasteiger partial charge on any atom is -0.542 e. The molecule has 0 fully saturated rings. The van der Waals surface area contributed by atoms with Gasteiger partial charge in [-0.3, -0.25) is 0 Å². The van der Waals surface area contributed by atoms with Crippen LogP contribution >= 0.6 is 0 Å². The molecule has 9 nitrogen and oxygen atoms in total. The molecule has 12 heteroatoms. The summed E-state index contributed by atoms with van der Waals surface area (Å²) in [6.07, 6.45) is 1.83. The van der Waals surface area contributed by atoms with E-state index in [1.807, 2.05) is 24.4 Å². The molecule has 0 spiro atoms. The van der Waals surface area contributed by atoms with Crippen molar-refractivity contribution in [1.82, 2.24) is 15.0 Å². The molecule has 0 bridgehead atoms. The summed E-state index contributed by atoms with van der Waals surface area (Å²) >= 11 is 0. The zero-order valence-corrected chi connectivity index (χ0v) is 23.5. The number of aromatic nitrogens is 4. The largest absolute Gasteiger partial charge is 0.542 e. The summed E-state index contributed by atoms with van der Waals surface area (Å²) in [5.74, 6) is -0.564. The van der Waals surface area contributed by atoms with Crippen LogP contribution in [0.4, 0.5) is 13.2 Å². The van der Waals surface area contributed by atoms with E-state index in [4.69, 9.17) is 29.1 Å². The number of hydrogen-bond acceptors (Lipinski definition) is 6. The number of benzene rings is 2. The van der Waals surface area contributed by atoms with Gasteiger partial charge in [0.15, 0.2) is 5.75 Å². The molecular weight excluding hydrogens is 565 g/mol. The van der Waals surface area contributed by atoms with Gasteiger partial charge in [0, 0.05) is 29.1 Å². The number of rotatable bonds is 4. The summed E-state index contributed by atoms with van der Waals surface area (Å²) in [5.41, 5.74) is 6.46. The number of methoxy groups -OCH3 is 3. The number of nitrogens with zero attached hydrogens (tertiary/aromatic N) is 2. The van der Waals surface area contributed by atoms with E-state index >= 15 is 0 Å². The normalized spacial score (nSPS) is 14.9. The molecule has 1 atom stereocenters. The summed E-state index contributed by atoms with van der Waals surface area (Å²) in [4.78, 5) is 21.1. The lowest BCUT2D eigenvalue weighted by molar-refractivity contribution is -0.725. The topological polar surface area (TPSA) is 116 Å². The fraction of sp³-hybridized carbons (Fsp3) is 0.258. The molecular formula is C31H27F3N4O5. The Hall–Kier alpha value is -5.00. The summed E-state index contributed by atoms with van der Waals surface area (Å²) in [6, 6.07) is 14.5. The van der Waals surface area contributed by atoms with E-state index in [2.05, 4.69) is 45.0 Å². The van der Waals surface area contributed by atoms with E-state index in [0.717, 1.165) is 85.8 Å². The highest BCUT2D eigenvalue weighted by atomic mass is 19.4. The zero-order chi connectivity index (χ0) is 30.5. The Balaban J connectivity index is 0.000000423. The molecule has 0 saturated heterocycles. The predicted octanol–water partition coefficient (Wildman–Crippen LogP) is 4.89. The lowest BCUT2D eigenvalue weighted by atomic mass is 9.95. The number of para-hydroxylation sites is 2. The third-order valence-electron chi connectivity index (χ3n) is 7.86. The average Bonchev–Trinajstić information content (AvgIpc) is 3.60. The number of fused-ring (bicyclic) bond motifs is 8. The van der Waals surface area contributed by atoms with Crippen LogP contribution in [0.25, 0.3) is 43.6 Å². The number of nitrogens with one attached hydrogen (secondary N) is 2. The highest BCUT2D eigenvalue weighted by molar-refractivity contribution is 6.13. The molecule has 0 unspecified atom stereocenters. The molecule has 1 aliphatic heterocycles. The van der Waals surface area contributed by atoms with Gasteiger partial charge in [-0.1, -0.05) is 30.3 Å². The van der Waals surface area contributed by atoms with Crippen molar-refractivity contribution in [1.29, 1.82) is 0 Å². The maximum absolute atomic E-state index is 10.5. The van der Waals surface area contributed by atoms with Crippen LogP contribution in [-0.2, 0) is 11.2 Å². The van der Waals surface area contributed by atoms with E-state index < -0.39 is 12.1 Å². The molecule has 1 aliphatic rings. The van der Waals surface area contributed by atoms with Crippen molar-refractivity contribution >= 4 is 49.6 Å². The van der Waals surface area contributed by atoms with Crippen LogP contribution in [0.5, 0.6) is 17.2 Å². The van der Waals surface area contributed by atoms with Crippen LogP contribution < -0.4 is 23.9 Å². The number of ether oxygens (including phenoxy) is 3. The second-order valence-corrected chi connectivity index (χ2v) is 10.1. The van der Waals surface area contributed by atoms with Crippen LogP contribution in [0.2, 0.25) is 0 Å². The smallest absolute Gasteiger partial charge is 0.430 e. The molecule has 2 N–H and O–H groups in total. The van der Waals surface area contributed by atoms with Gasteiger partial charge in [-0.15, -0.1) is 0 Å². The van der Waals surface area contributed by atoms with Crippen molar-refractivity contribution in [2.24, 2.45) is 0 Å². The predicted molar refractivity (Wildman–Crippen MR) is 151 cm³/mol. The van der Waals surface area contributed by atoms with Gasteiger partial charge in [0.05, 0.1) is 49.3 Å². The third kappa shape index (κ3) is 4.62. The first-order valence-electron chi connectivity index (χ1n) is 13.5. The van der Waals surface area contributed by atoms with Crippen LogP contribution in [0.1, 0.15) is 30.3 Å². The molecule has 6 aromatic rings. The monoisotopic (exact) mass is 592 g/mol. The Kier molecular flexibility index (Phi) is 6.99. The second kappa shape index (κ2) is 10.7. The Morgan fingerprint density at radius 2 is 1.58 bits per heavy atom. The maximum atomic E-state index is 10.5. The number of carboxylic acids is 1. The number of halogens is 3. The number of aliphatic carboxylic acids is 1. The van der Waals surface area contributed by atoms with Crippen LogP contribution in [0.3, 0.4) is 0 Å². The van der Waals surface area contributed by atoms with E-state index in [-0.39, 0.29) is 6.04 Å². The minimum absolute atomic E-state index is 0.0572. The first-order chi connectivity index (χ1) is 20.7. The number of alkyl halides is 3. The fourth-order valence-corrected chi connectivity index (χ4v) is 6.04. The van der Waals surface area contributed by atoms with Crippen molar-refractivity contribution in [3.63, 3.8) is 0 Å². The van der Waals surface area contributed by atoms with Crippen molar-refractivity contribution < 1.29 is 41.8 Å². The lowest BCUT2D eigenvalue weighted by Gasteiger charge is -2.21. The Morgan fingerprint density at radius 1 is 0.907 bits per heavy atom. The van der Waals surface area contributed by atoms with Gasteiger partial charge in [-0.2, -0.15) is 17.7 Å². The second-order valence-electron chi connectivity index (χ2n) is 10.1. The molecule has 0 aliphatic carbocycles. The van der Waals surface area contributed by atoms with Gasteiger partial charge in [0.25, 0.3) is 0 Å². The van der Waals surface area contributed by atoms with E-state index in [9.17, 15) is 13.2 Å². The summed E-state index contributed by atoms with van der Waals surface area (Å²) in [5, 5.41) is 13.2. The average molecular weight is 593 g/mol. The van der Waals surface area contributed by atoms with Crippen molar-refractivity contribution in [2.75, 3.05) is 21.3 Å². The number of hydrogen-bond donors (Lipinski definition) is 2. The zero-order valence-electron chi connectivity index (χ0n) is 23.5. The number of carbonyl (C=O) groups excluding carboxylic acids is 1.